The van der Waals surface area contributed by atoms with Gasteiger partial charge in [0.15, 0.2) is 0 Å². The third kappa shape index (κ3) is 2.71. The molecule has 0 saturated heterocycles. The number of rotatable bonds is 4. The van der Waals surface area contributed by atoms with Gasteiger partial charge in [-0.05, 0) is 19.9 Å². The van der Waals surface area contributed by atoms with Crippen LogP contribution < -0.4 is 0 Å². The molecule has 0 aliphatic heterocycles. The number of fused-ring (bicyclic) bond motifs is 1. The summed E-state index contributed by atoms with van der Waals surface area (Å²) >= 11 is 11.9. The van der Waals surface area contributed by atoms with Crippen molar-refractivity contribution in [3.8, 4) is 0 Å². The number of alkyl halides is 1. The molecule has 0 saturated carbocycles. The van der Waals surface area contributed by atoms with Crippen molar-refractivity contribution in [1.82, 2.24) is 9.55 Å². The van der Waals surface area contributed by atoms with Crippen LogP contribution in [0.1, 0.15) is 31.1 Å². The second-order valence-electron chi connectivity index (χ2n) is 4.52. The summed E-state index contributed by atoms with van der Waals surface area (Å²) in [6, 6.07) is 2.91. The molecule has 0 bridgehead atoms. The van der Waals surface area contributed by atoms with Gasteiger partial charge in [-0.1, -0.05) is 11.6 Å². The maximum absolute atomic E-state index is 13.7. The summed E-state index contributed by atoms with van der Waals surface area (Å²) in [5.74, 6) is 0.219. The molecule has 2 atom stereocenters. The van der Waals surface area contributed by atoms with Crippen molar-refractivity contribution in [3.63, 3.8) is 0 Å². The number of halogens is 3. The zero-order valence-corrected chi connectivity index (χ0v) is 12.5. The van der Waals surface area contributed by atoms with Gasteiger partial charge in [-0.3, -0.25) is 0 Å². The Hall–Kier alpha value is -0.840. The molecule has 3 nitrogen and oxygen atoms in total. The summed E-state index contributed by atoms with van der Waals surface area (Å²) in [4.78, 5) is 4.44. The fourth-order valence-corrected chi connectivity index (χ4v) is 2.48. The smallest absolute Gasteiger partial charge is 0.144 e. The van der Waals surface area contributed by atoms with Crippen molar-refractivity contribution < 1.29 is 9.13 Å². The van der Waals surface area contributed by atoms with Gasteiger partial charge in [0.05, 0.1) is 34.1 Å². The highest BCUT2D eigenvalue weighted by atomic mass is 35.5. The topological polar surface area (TPSA) is 27.1 Å². The van der Waals surface area contributed by atoms with Crippen LogP contribution in [-0.4, -0.2) is 23.3 Å². The van der Waals surface area contributed by atoms with Crippen molar-refractivity contribution in [1.29, 1.82) is 0 Å². The number of nitrogens with zero attached hydrogens (tertiary/aromatic N) is 2. The lowest BCUT2D eigenvalue weighted by Crippen LogP contribution is -2.14. The molecule has 0 aliphatic carbocycles. The lowest BCUT2D eigenvalue weighted by molar-refractivity contribution is 0.162. The highest BCUT2D eigenvalue weighted by Gasteiger charge is 2.20. The highest BCUT2D eigenvalue weighted by molar-refractivity contribution is 6.31. The Morgan fingerprint density at radius 2 is 2.11 bits per heavy atom. The van der Waals surface area contributed by atoms with Crippen LogP contribution in [0.25, 0.3) is 11.0 Å². The Morgan fingerprint density at radius 1 is 1.42 bits per heavy atom. The SMILES string of the molecule is COCC(C)n1c(C(C)Cl)nc2cc(Cl)c(F)cc21. The lowest BCUT2D eigenvalue weighted by atomic mass is 10.2. The molecule has 6 heteroatoms. The van der Waals surface area contributed by atoms with E-state index in [1.807, 2.05) is 18.4 Å². The predicted molar refractivity (Wildman–Crippen MR) is 75.6 cm³/mol. The molecule has 2 rings (SSSR count). The molecule has 1 heterocycles. The molecule has 0 spiro atoms. The van der Waals surface area contributed by atoms with E-state index in [1.165, 1.54) is 12.1 Å². The van der Waals surface area contributed by atoms with Gasteiger partial charge in [-0.25, -0.2) is 9.37 Å². The van der Waals surface area contributed by atoms with E-state index < -0.39 is 5.82 Å². The van der Waals surface area contributed by atoms with Gasteiger partial charge >= 0.3 is 0 Å². The third-order valence-corrected chi connectivity index (χ3v) is 3.45. The van der Waals surface area contributed by atoms with E-state index >= 15 is 0 Å². The molecule has 19 heavy (non-hydrogen) atoms. The minimum Gasteiger partial charge on any atom is -0.383 e. The fraction of sp³-hybridized carbons (Fsp3) is 0.462. The lowest BCUT2D eigenvalue weighted by Gasteiger charge is -2.17. The van der Waals surface area contributed by atoms with Crippen LogP contribution >= 0.6 is 23.2 Å². The molecule has 104 valence electrons. The van der Waals surface area contributed by atoms with Crippen LogP contribution in [0.5, 0.6) is 0 Å². The van der Waals surface area contributed by atoms with E-state index in [4.69, 9.17) is 27.9 Å². The Morgan fingerprint density at radius 3 is 2.68 bits per heavy atom. The Labute approximate surface area is 121 Å². The largest absolute Gasteiger partial charge is 0.383 e. The average Bonchev–Trinajstić information content (AvgIpc) is 2.69. The monoisotopic (exact) mass is 304 g/mol. The normalized spacial score (nSPS) is 14.8. The zero-order valence-electron chi connectivity index (χ0n) is 11.0. The number of hydrogen-bond acceptors (Lipinski definition) is 2. The van der Waals surface area contributed by atoms with E-state index in [1.54, 1.807) is 7.11 Å². The summed E-state index contributed by atoms with van der Waals surface area (Å²) in [7, 11) is 1.62. The molecular weight excluding hydrogens is 290 g/mol. The van der Waals surface area contributed by atoms with E-state index in [9.17, 15) is 4.39 Å². The Kier molecular flexibility index (Phi) is 4.33. The van der Waals surface area contributed by atoms with Gasteiger partial charge in [0.2, 0.25) is 0 Å². The standard InChI is InChI=1S/C13H15Cl2FN2O/c1-7(6-19-3)18-12-5-10(16)9(15)4-11(12)17-13(18)8(2)14/h4-5,7-8H,6H2,1-3H3. The van der Waals surface area contributed by atoms with Gasteiger partial charge < -0.3 is 9.30 Å². The van der Waals surface area contributed by atoms with E-state index in [0.29, 0.717) is 23.5 Å². The van der Waals surface area contributed by atoms with Crippen molar-refractivity contribution in [3.05, 3.63) is 28.8 Å². The van der Waals surface area contributed by atoms with E-state index in [2.05, 4.69) is 4.98 Å². The van der Waals surface area contributed by atoms with Crippen molar-refractivity contribution in [2.24, 2.45) is 0 Å². The molecular formula is C13H15Cl2FN2O. The Bertz CT molecular complexity index is 598. The highest BCUT2D eigenvalue weighted by Crippen LogP contribution is 2.30. The first-order chi connectivity index (χ1) is 8.95. The number of hydrogen-bond donors (Lipinski definition) is 0. The minimum atomic E-state index is -0.464. The summed E-state index contributed by atoms with van der Waals surface area (Å²) in [6.45, 7) is 4.29. The Balaban J connectivity index is 2.69. The number of ether oxygens (including phenoxy) is 1. The number of methoxy groups -OCH3 is 1. The second kappa shape index (κ2) is 5.65. The molecule has 2 unspecified atom stereocenters. The number of aromatic nitrogens is 2. The van der Waals surface area contributed by atoms with Gasteiger partial charge in [0, 0.05) is 13.2 Å². The number of benzene rings is 1. The predicted octanol–water partition coefficient (Wildman–Crippen LogP) is 4.34. The first-order valence-corrected chi connectivity index (χ1v) is 6.77. The second-order valence-corrected chi connectivity index (χ2v) is 5.58. The molecule has 1 aromatic heterocycles. The van der Waals surface area contributed by atoms with Crippen LogP contribution in [0.3, 0.4) is 0 Å². The van der Waals surface area contributed by atoms with Gasteiger partial charge in [-0.2, -0.15) is 0 Å². The average molecular weight is 305 g/mol. The van der Waals surface area contributed by atoms with Gasteiger partial charge in [0.25, 0.3) is 0 Å². The van der Waals surface area contributed by atoms with Crippen LogP contribution in [0.4, 0.5) is 4.39 Å². The van der Waals surface area contributed by atoms with Crippen molar-refractivity contribution >= 4 is 34.2 Å². The minimum absolute atomic E-state index is 0.00627. The van der Waals surface area contributed by atoms with Crippen LogP contribution in [-0.2, 0) is 4.74 Å². The summed E-state index contributed by atoms with van der Waals surface area (Å²) in [5, 5.41) is -0.223. The molecule has 0 radical (unpaired) electrons. The maximum atomic E-state index is 13.7. The number of imidazole rings is 1. The molecule has 2 aromatic rings. The molecule has 0 fully saturated rings. The summed E-state index contributed by atoms with van der Waals surface area (Å²) < 4.78 is 20.7. The zero-order chi connectivity index (χ0) is 14.2. The quantitative estimate of drug-likeness (QED) is 0.786. The summed E-state index contributed by atoms with van der Waals surface area (Å²) in [5.41, 5.74) is 1.31. The van der Waals surface area contributed by atoms with Crippen molar-refractivity contribution in [2.75, 3.05) is 13.7 Å². The molecule has 0 N–H and O–H groups in total. The van der Waals surface area contributed by atoms with Crippen LogP contribution in [0, 0.1) is 5.82 Å². The molecule has 0 amide bonds. The first kappa shape index (κ1) is 14.6. The summed E-state index contributed by atoms with van der Waals surface area (Å²) in [6.07, 6.45) is 0. The molecule has 0 aliphatic rings. The van der Waals surface area contributed by atoms with Crippen LogP contribution in [0.2, 0.25) is 5.02 Å². The van der Waals surface area contributed by atoms with E-state index in [0.717, 1.165) is 0 Å². The fourth-order valence-electron chi connectivity index (χ4n) is 2.17. The van der Waals surface area contributed by atoms with Gasteiger partial charge in [-0.15, -0.1) is 11.6 Å². The van der Waals surface area contributed by atoms with Gasteiger partial charge in [0.1, 0.15) is 11.6 Å². The van der Waals surface area contributed by atoms with Crippen LogP contribution in [0.15, 0.2) is 12.1 Å². The molecule has 1 aromatic carbocycles. The third-order valence-electron chi connectivity index (χ3n) is 2.96. The first-order valence-electron chi connectivity index (χ1n) is 5.95. The van der Waals surface area contributed by atoms with E-state index in [-0.39, 0.29) is 16.4 Å². The van der Waals surface area contributed by atoms with Crippen molar-refractivity contribution in [2.45, 2.75) is 25.3 Å². The maximum Gasteiger partial charge on any atom is 0.144 e.